The molecule has 108 valence electrons. The number of rotatable bonds is 3. The summed E-state index contributed by atoms with van der Waals surface area (Å²) in [6.45, 7) is 4.38. The summed E-state index contributed by atoms with van der Waals surface area (Å²) in [5, 5.41) is 11.9. The number of urea groups is 1. The number of carboxylic acids is 1. The minimum absolute atomic E-state index is 0.0302. The van der Waals surface area contributed by atoms with Crippen LogP contribution in [0.1, 0.15) is 24.7 Å². The molecule has 2 atom stereocenters. The molecule has 0 bridgehead atoms. The van der Waals surface area contributed by atoms with E-state index in [1.807, 2.05) is 13.8 Å². The van der Waals surface area contributed by atoms with Gasteiger partial charge in [-0.1, -0.05) is 6.92 Å². The first-order valence-electron chi connectivity index (χ1n) is 6.54. The van der Waals surface area contributed by atoms with E-state index in [-0.39, 0.29) is 18.5 Å². The molecule has 0 aromatic carbocycles. The monoisotopic (exact) mass is 278 g/mol. The molecular formula is C13H18N4O3. The Labute approximate surface area is 117 Å². The van der Waals surface area contributed by atoms with Gasteiger partial charge in [0, 0.05) is 12.7 Å². The summed E-state index contributed by atoms with van der Waals surface area (Å²) in [6.07, 6.45) is 3.92. The Bertz CT molecular complexity index is 503. The van der Waals surface area contributed by atoms with Crippen LogP contribution in [0, 0.1) is 12.8 Å². The molecule has 7 nitrogen and oxygen atoms in total. The second-order valence-electron chi connectivity index (χ2n) is 5.05. The molecule has 0 spiro atoms. The fraction of sp³-hybridized carbons (Fsp3) is 0.538. The number of carbonyl (C=O) groups is 2. The molecule has 1 aliphatic heterocycles. The van der Waals surface area contributed by atoms with Gasteiger partial charge >= 0.3 is 12.0 Å². The molecule has 2 unspecified atom stereocenters. The maximum atomic E-state index is 12.0. The van der Waals surface area contributed by atoms with Gasteiger partial charge in [-0.15, -0.1) is 0 Å². The Balaban J connectivity index is 1.94. The lowest BCUT2D eigenvalue weighted by Crippen LogP contribution is -2.47. The second kappa shape index (κ2) is 5.85. The van der Waals surface area contributed by atoms with Gasteiger partial charge in [0.05, 0.1) is 24.1 Å². The minimum atomic E-state index is -0.958. The Morgan fingerprint density at radius 1 is 1.45 bits per heavy atom. The number of amides is 2. The highest BCUT2D eigenvalue weighted by atomic mass is 16.4. The number of carbonyl (C=O) groups excluding carboxylic acids is 1. The minimum Gasteiger partial charge on any atom is -0.480 e. The van der Waals surface area contributed by atoms with Crippen molar-refractivity contribution < 1.29 is 14.7 Å². The molecule has 2 heterocycles. The number of carboxylic acid groups (broad SMARTS) is 1. The number of nitrogens with zero attached hydrogens (tertiary/aromatic N) is 3. The van der Waals surface area contributed by atoms with Crippen LogP contribution in [0.25, 0.3) is 0 Å². The quantitative estimate of drug-likeness (QED) is 0.852. The van der Waals surface area contributed by atoms with Gasteiger partial charge in [0.25, 0.3) is 0 Å². The Kier molecular flexibility index (Phi) is 4.16. The van der Waals surface area contributed by atoms with Crippen LogP contribution in [0.2, 0.25) is 0 Å². The van der Waals surface area contributed by atoms with Crippen LogP contribution in [0.4, 0.5) is 4.79 Å². The molecule has 0 saturated carbocycles. The van der Waals surface area contributed by atoms with Gasteiger partial charge in [-0.25, -0.2) is 9.59 Å². The molecule has 1 aliphatic rings. The fourth-order valence-corrected chi connectivity index (χ4v) is 2.33. The highest BCUT2D eigenvalue weighted by molar-refractivity contribution is 5.83. The number of aryl methyl sites for hydroxylation is 1. The third-order valence-corrected chi connectivity index (χ3v) is 3.47. The van der Waals surface area contributed by atoms with E-state index in [4.69, 9.17) is 0 Å². The number of aromatic nitrogens is 2. The van der Waals surface area contributed by atoms with E-state index in [2.05, 4.69) is 15.3 Å². The molecule has 1 aromatic rings. The van der Waals surface area contributed by atoms with Gasteiger partial charge in [0.2, 0.25) is 0 Å². The van der Waals surface area contributed by atoms with Gasteiger partial charge in [-0.2, -0.15) is 0 Å². The molecule has 2 amide bonds. The lowest BCUT2D eigenvalue weighted by atomic mass is 10.0. The van der Waals surface area contributed by atoms with Crippen molar-refractivity contribution in [3.05, 3.63) is 23.8 Å². The molecule has 0 aliphatic carbocycles. The summed E-state index contributed by atoms with van der Waals surface area (Å²) in [5.74, 6) is -0.988. The fourth-order valence-electron chi connectivity index (χ4n) is 2.33. The molecular weight excluding hydrogens is 260 g/mol. The van der Waals surface area contributed by atoms with Gasteiger partial charge in [0.1, 0.15) is 6.04 Å². The topological polar surface area (TPSA) is 95.4 Å². The molecule has 7 heteroatoms. The zero-order valence-electron chi connectivity index (χ0n) is 11.5. The lowest BCUT2D eigenvalue weighted by molar-refractivity contribution is -0.142. The first-order valence-corrected chi connectivity index (χ1v) is 6.54. The van der Waals surface area contributed by atoms with Crippen molar-refractivity contribution in [1.29, 1.82) is 0 Å². The van der Waals surface area contributed by atoms with Crippen molar-refractivity contribution in [2.45, 2.75) is 32.9 Å². The van der Waals surface area contributed by atoms with Gasteiger partial charge < -0.3 is 15.3 Å². The Morgan fingerprint density at radius 2 is 2.20 bits per heavy atom. The van der Waals surface area contributed by atoms with Crippen molar-refractivity contribution in [3.63, 3.8) is 0 Å². The summed E-state index contributed by atoms with van der Waals surface area (Å²) >= 11 is 0. The Hall–Kier alpha value is -2.18. The number of hydrogen-bond donors (Lipinski definition) is 2. The van der Waals surface area contributed by atoms with Crippen molar-refractivity contribution in [2.75, 3.05) is 6.54 Å². The molecule has 2 rings (SSSR count). The number of nitrogens with one attached hydrogen (secondary N) is 1. The Morgan fingerprint density at radius 3 is 2.80 bits per heavy atom. The molecule has 20 heavy (non-hydrogen) atoms. The number of hydrogen-bond acceptors (Lipinski definition) is 4. The van der Waals surface area contributed by atoms with Gasteiger partial charge in [-0.3, -0.25) is 9.97 Å². The van der Waals surface area contributed by atoms with Crippen molar-refractivity contribution >= 4 is 12.0 Å². The van der Waals surface area contributed by atoms with E-state index in [0.717, 1.165) is 5.69 Å². The molecule has 1 saturated heterocycles. The second-order valence-corrected chi connectivity index (χ2v) is 5.05. The van der Waals surface area contributed by atoms with Crippen LogP contribution >= 0.6 is 0 Å². The normalized spacial score (nSPS) is 21.8. The number of aliphatic carboxylic acids is 1. The summed E-state index contributed by atoms with van der Waals surface area (Å²) in [5.41, 5.74) is 1.45. The van der Waals surface area contributed by atoms with Crippen LogP contribution in [-0.4, -0.2) is 44.6 Å². The summed E-state index contributed by atoms with van der Waals surface area (Å²) < 4.78 is 0. The SMILES string of the molecule is Cc1cnc(CNC(=O)N2CCC(C)C2C(=O)O)cn1. The standard InChI is InChI=1S/C13H18N4O3/c1-8-3-4-17(11(8)12(18)19)13(20)16-7-10-6-14-9(2)5-15-10/h5-6,8,11H,3-4,7H2,1-2H3,(H,16,20)(H,18,19). The third-order valence-electron chi connectivity index (χ3n) is 3.47. The molecule has 0 radical (unpaired) electrons. The van der Waals surface area contributed by atoms with Gasteiger partial charge in [0.15, 0.2) is 0 Å². The van der Waals surface area contributed by atoms with Gasteiger partial charge in [-0.05, 0) is 19.3 Å². The predicted octanol–water partition coefficient (Wildman–Crippen LogP) is 0.790. The highest BCUT2D eigenvalue weighted by Crippen LogP contribution is 2.24. The molecule has 2 N–H and O–H groups in total. The maximum absolute atomic E-state index is 12.0. The van der Waals surface area contributed by atoms with E-state index in [9.17, 15) is 14.7 Å². The van der Waals surface area contributed by atoms with E-state index >= 15 is 0 Å². The van der Waals surface area contributed by atoms with Crippen molar-refractivity contribution in [3.8, 4) is 0 Å². The lowest BCUT2D eigenvalue weighted by Gasteiger charge is -2.23. The molecule has 1 aromatic heterocycles. The third kappa shape index (κ3) is 3.04. The summed E-state index contributed by atoms with van der Waals surface area (Å²) in [7, 11) is 0. The van der Waals surface area contributed by atoms with E-state index in [1.165, 1.54) is 4.90 Å². The molecule has 1 fully saturated rings. The smallest absolute Gasteiger partial charge is 0.326 e. The zero-order chi connectivity index (χ0) is 14.7. The largest absolute Gasteiger partial charge is 0.480 e. The van der Waals surface area contributed by atoms with E-state index < -0.39 is 12.0 Å². The summed E-state index contributed by atoms with van der Waals surface area (Å²) in [4.78, 5) is 32.8. The average Bonchev–Trinajstić information content (AvgIpc) is 2.80. The van der Waals surface area contributed by atoms with Crippen molar-refractivity contribution in [2.24, 2.45) is 5.92 Å². The van der Waals surface area contributed by atoms with Crippen LogP contribution in [-0.2, 0) is 11.3 Å². The first kappa shape index (κ1) is 14.2. The van der Waals surface area contributed by atoms with E-state index in [0.29, 0.717) is 18.7 Å². The highest BCUT2D eigenvalue weighted by Gasteiger charge is 2.39. The first-order chi connectivity index (χ1) is 9.49. The van der Waals surface area contributed by atoms with Crippen LogP contribution < -0.4 is 5.32 Å². The summed E-state index contributed by atoms with van der Waals surface area (Å²) in [6, 6.07) is -1.12. The zero-order valence-corrected chi connectivity index (χ0v) is 11.5. The van der Waals surface area contributed by atoms with Crippen LogP contribution in [0.5, 0.6) is 0 Å². The predicted molar refractivity (Wildman–Crippen MR) is 70.9 cm³/mol. The van der Waals surface area contributed by atoms with Crippen LogP contribution in [0.15, 0.2) is 12.4 Å². The van der Waals surface area contributed by atoms with Crippen LogP contribution in [0.3, 0.4) is 0 Å². The number of likely N-dealkylation sites (tertiary alicyclic amines) is 1. The van der Waals surface area contributed by atoms with Crippen molar-refractivity contribution in [1.82, 2.24) is 20.2 Å². The van der Waals surface area contributed by atoms with E-state index in [1.54, 1.807) is 12.4 Å². The average molecular weight is 278 g/mol. The maximum Gasteiger partial charge on any atom is 0.326 e.